The quantitative estimate of drug-likeness (QED) is 0.454. The molecule has 2 atom stereocenters. The van der Waals surface area contributed by atoms with Gasteiger partial charge in [-0.3, -0.25) is 9.69 Å². The van der Waals surface area contributed by atoms with Crippen LogP contribution in [0.1, 0.15) is 49.6 Å². The Balaban J connectivity index is 1.42. The van der Waals surface area contributed by atoms with Gasteiger partial charge in [0.1, 0.15) is 5.82 Å². The molecule has 3 aromatic rings. The van der Waals surface area contributed by atoms with Crippen LogP contribution in [-0.2, 0) is 17.9 Å². The van der Waals surface area contributed by atoms with E-state index < -0.39 is 0 Å². The summed E-state index contributed by atoms with van der Waals surface area (Å²) in [4.78, 5) is 15.3. The first kappa shape index (κ1) is 23.5. The summed E-state index contributed by atoms with van der Waals surface area (Å²) < 4.78 is 2.18. The fourth-order valence-corrected chi connectivity index (χ4v) is 4.99. The summed E-state index contributed by atoms with van der Waals surface area (Å²) in [6.45, 7) is 8.42. The van der Waals surface area contributed by atoms with Gasteiger partial charge in [-0.05, 0) is 49.9 Å². The number of aromatic nitrogens is 3. The molecule has 1 aromatic heterocycles. The molecule has 4 rings (SSSR count). The van der Waals surface area contributed by atoms with Crippen LogP contribution in [0.2, 0.25) is 0 Å². The van der Waals surface area contributed by atoms with E-state index in [1.165, 1.54) is 35.7 Å². The highest BCUT2D eigenvalue weighted by Gasteiger charge is 2.22. The van der Waals surface area contributed by atoms with E-state index in [-0.39, 0.29) is 17.1 Å². The van der Waals surface area contributed by atoms with Gasteiger partial charge < -0.3 is 9.88 Å². The average molecular weight is 464 g/mol. The Hall–Kier alpha value is -2.64. The molecule has 1 amide bonds. The van der Waals surface area contributed by atoms with Gasteiger partial charge in [-0.15, -0.1) is 10.2 Å². The van der Waals surface area contributed by atoms with E-state index in [0.717, 1.165) is 30.6 Å². The summed E-state index contributed by atoms with van der Waals surface area (Å²) in [6.07, 6.45) is 2.49. The third-order valence-electron chi connectivity index (χ3n) is 6.14. The van der Waals surface area contributed by atoms with Crippen molar-refractivity contribution in [2.45, 2.75) is 56.1 Å². The molecule has 0 bridgehead atoms. The zero-order chi connectivity index (χ0) is 23.0. The summed E-state index contributed by atoms with van der Waals surface area (Å²) in [7, 11) is 0. The van der Waals surface area contributed by atoms with Gasteiger partial charge in [-0.25, -0.2) is 0 Å². The maximum atomic E-state index is 12.8. The molecule has 2 heterocycles. The van der Waals surface area contributed by atoms with Crippen LogP contribution in [0.4, 0.5) is 0 Å². The van der Waals surface area contributed by atoms with Crippen LogP contribution in [0, 0.1) is 0 Å². The van der Waals surface area contributed by atoms with Crippen molar-refractivity contribution in [2.75, 3.05) is 19.6 Å². The van der Waals surface area contributed by atoms with E-state index in [0.29, 0.717) is 13.1 Å². The van der Waals surface area contributed by atoms with E-state index in [9.17, 15) is 4.79 Å². The molecule has 174 valence electrons. The third kappa shape index (κ3) is 6.45. The van der Waals surface area contributed by atoms with E-state index in [2.05, 4.69) is 68.3 Å². The topological polar surface area (TPSA) is 63.1 Å². The lowest BCUT2D eigenvalue weighted by Crippen LogP contribution is -2.33. The van der Waals surface area contributed by atoms with Crippen LogP contribution in [0.3, 0.4) is 0 Å². The number of nitrogens with one attached hydrogen (secondary N) is 1. The zero-order valence-electron chi connectivity index (χ0n) is 19.5. The Morgan fingerprint density at radius 1 is 0.970 bits per heavy atom. The highest BCUT2D eigenvalue weighted by atomic mass is 32.2. The second-order valence-corrected chi connectivity index (χ2v) is 10.1. The molecular formula is C26H33N5OS. The number of nitrogens with zero attached hydrogens (tertiary/aromatic N) is 4. The minimum Gasteiger partial charge on any atom is -0.355 e. The number of benzene rings is 2. The van der Waals surface area contributed by atoms with Crippen molar-refractivity contribution in [3.8, 4) is 0 Å². The van der Waals surface area contributed by atoms with E-state index in [4.69, 9.17) is 0 Å². The first-order valence-corrected chi connectivity index (χ1v) is 12.7. The minimum absolute atomic E-state index is 0.0261. The lowest BCUT2D eigenvalue weighted by molar-refractivity contribution is -0.120. The van der Waals surface area contributed by atoms with Crippen LogP contribution in [0.25, 0.3) is 0 Å². The predicted octanol–water partition coefficient (Wildman–Crippen LogP) is 4.32. The van der Waals surface area contributed by atoms with Crippen molar-refractivity contribution in [1.82, 2.24) is 25.0 Å². The second-order valence-electron chi connectivity index (χ2n) is 8.77. The highest BCUT2D eigenvalue weighted by molar-refractivity contribution is 8.00. The fraction of sp³-hybridized carbons (Fsp3) is 0.423. The van der Waals surface area contributed by atoms with Crippen molar-refractivity contribution < 1.29 is 4.79 Å². The SMILES string of the molecule is CC(Sc1nnc(CN2CCCC2)n1Cc1ccccc1)C(=O)NCC(C)c1ccccc1. The van der Waals surface area contributed by atoms with Gasteiger partial charge in [0.15, 0.2) is 5.16 Å². The molecule has 2 aromatic carbocycles. The lowest BCUT2D eigenvalue weighted by atomic mass is 10.0. The van der Waals surface area contributed by atoms with Gasteiger partial charge in [-0.1, -0.05) is 79.3 Å². The first-order chi connectivity index (χ1) is 16.1. The summed E-state index contributed by atoms with van der Waals surface area (Å²) in [5.74, 6) is 1.26. The van der Waals surface area contributed by atoms with Crippen molar-refractivity contribution in [3.63, 3.8) is 0 Å². The van der Waals surface area contributed by atoms with E-state index in [1.807, 2.05) is 31.2 Å². The molecule has 1 saturated heterocycles. The summed E-state index contributed by atoms with van der Waals surface area (Å²) in [5, 5.41) is 12.7. The number of carbonyl (C=O) groups is 1. The molecule has 33 heavy (non-hydrogen) atoms. The van der Waals surface area contributed by atoms with Crippen LogP contribution < -0.4 is 5.32 Å². The molecule has 1 aliphatic rings. The summed E-state index contributed by atoms with van der Waals surface area (Å²) in [5.41, 5.74) is 2.43. The van der Waals surface area contributed by atoms with Gasteiger partial charge in [0, 0.05) is 6.54 Å². The number of amides is 1. The van der Waals surface area contributed by atoms with Crippen LogP contribution in [0.5, 0.6) is 0 Å². The van der Waals surface area contributed by atoms with Gasteiger partial charge in [-0.2, -0.15) is 0 Å². The number of carbonyl (C=O) groups excluding carboxylic acids is 1. The maximum Gasteiger partial charge on any atom is 0.233 e. The smallest absolute Gasteiger partial charge is 0.233 e. The highest BCUT2D eigenvalue weighted by Crippen LogP contribution is 2.25. The molecule has 0 spiro atoms. The van der Waals surface area contributed by atoms with E-state index in [1.54, 1.807) is 0 Å². The molecule has 1 fully saturated rings. The monoisotopic (exact) mass is 463 g/mol. The molecule has 2 unspecified atom stereocenters. The van der Waals surface area contributed by atoms with Crippen LogP contribution in [0.15, 0.2) is 65.8 Å². The average Bonchev–Trinajstić information content (AvgIpc) is 3.49. The minimum atomic E-state index is -0.258. The number of hydrogen-bond donors (Lipinski definition) is 1. The molecule has 0 saturated carbocycles. The van der Waals surface area contributed by atoms with Gasteiger partial charge in [0.2, 0.25) is 5.91 Å². The van der Waals surface area contributed by atoms with Gasteiger partial charge in [0.25, 0.3) is 0 Å². The van der Waals surface area contributed by atoms with Gasteiger partial charge in [0.05, 0.1) is 18.3 Å². The first-order valence-electron chi connectivity index (χ1n) is 11.8. The number of rotatable bonds is 10. The van der Waals surface area contributed by atoms with Crippen molar-refractivity contribution in [3.05, 3.63) is 77.6 Å². The van der Waals surface area contributed by atoms with Crippen LogP contribution in [-0.4, -0.2) is 50.5 Å². The number of hydrogen-bond acceptors (Lipinski definition) is 5. The lowest BCUT2D eigenvalue weighted by Gasteiger charge is -2.18. The summed E-state index contributed by atoms with van der Waals surface area (Å²) in [6, 6.07) is 20.6. The second kappa shape index (κ2) is 11.5. The molecule has 7 heteroatoms. The van der Waals surface area contributed by atoms with Crippen LogP contribution >= 0.6 is 11.8 Å². The number of thioether (sulfide) groups is 1. The van der Waals surface area contributed by atoms with Crippen molar-refractivity contribution >= 4 is 17.7 Å². The maximum absolute atomic E-state index is 12.8. The Morgan fingerprint density at radius 3 is 2.33 bits per heavy atom. The molecule has 0 radical (unpaired) electrons. The molecule has 1 N–H and O–H groups in total. The largest absolute Gasteiger partial charge is 0.355 e. The Morgan fingerprint density at radius 2 is 1.64 bits per heavy atom. The fourth-order valence-electron chi connectivity index (χ4n) is 4.10. The molecule has 0 aliphatic carbocycles. The standard InChI is InChI=1S/C26H33N5OS/c1-20(23-13-7-4-8-14-23)17-27-25(32)21(2)33-26-29-28-24(19-30-15-9-10-16-30)31(26)18-22-11-5-3-6-12-22/h3-8,11-14,20-21H,9-10,15-19H2,1-2H3,(H,27,32). The van der Waals surface area contributed by atoms with Crippen molar-refractivity contribution in [2.24, 2.45) is 0 Å². The molecule has 6 nitrogen and oxygen atoms in total. The van der Waals surface area contributed by atoms with E-state index >= 15 is 0 Å². The zero-order valence-corrected chi connectivity index (χ0v) is 20.3. The third-order valence-corrected chi connectivity index (χ3v) is 7.22. The Labute approximate surface area is 200 Å². The van der Waals surface area contributed by atoms with Crippen molar-refractivity contribution in [1.29, 1.82) is 0 Å². The molecule has 1 aliphatic heterocycles. The Kier molecular flexibility index (Phi) is 8.18. The normalized spacial score (nSPS) is 15.9. The van der Waals surface area contributed by atoms with Gasteiger partial charge >= 0.3 is 0 Å². The number of likely N-dealkylation sites (tertiary alicyclic amines) is 1. The Bertz CT molecular complexity index is 1020. The summed E-state index contributed by atoms with van der Waals surface area (Å²) >= 11 is 1.48. The molecular weight excluding hydrogens is 430 g/mol. The predicted molar refractivity (Wildman–Crippen MR) is 133 cm³/mol.